The molecule has 0 saturated carbocycles. The van der Waals surface area contributed by atoms with Gasteiger partial charge in [0.15, 0.2) is 5.78 Å². The average molecular weight is 475 g/mol. The van der Waals surface area contributed by atoms with Gasteiger partial charge >= 0.3 is 0 Å². The van der Waals surface area contributed by atoms with Crippen molar-refractivity contribution in [3.8, 4) is 5.75 Å². The van der Waals surface area contributed by atoms with Gasteiger partial charge in [-0.2, -0.15) is 0 Å². The number of ketones is 1. The van der Waals surface area contributed by atoms with Crippen LogP contribution in [0.1, 0.15) is 28.4 Å². The van der Waals surface area contributed by atoms with Crippen molar-refractivity contribution in [1.82, 2.24) is 0 Å². The van der Waals surface area contributed by atoms with Crippen molar-refractivity contribution in [2.24, 2.45) is 0 Å². The minimum Gasteiger partial charge on any atom is -0.497 e. The molecule has 0 radical (unpaired) electrons. The predicted octanol–water partition coefficient (Wildman–Crippen LogP) is 5.87. The summed E-state index contributed by atoms with van der Waals surface area (Å²) in [6, 6.07) is 21.1. The van der Waals surface area contributed by atoms with E-state index < -0.39 is 0 Å². The Morgan fingerprint density at radius 3 is 2.22 bits per heavy atom. The molecule has 1 atom stereocenters. The molecule has 0 fully saturated rings. The zero-order valence-corrected chi connectivity index (χ0v) is 16.9. The molecule has 138 valence electrons. The summed E-state index contributed by atoms with van der Waals surface area (Å²) in [6.07, 6.45) is 0.254. The topological polar surface area (TPSA) is 38.3 Å². The van der Waals surface area contributed by atoms with E-state index in [9.17, 15) is 9.18 Å². The summed E-state index contributed by atoms with van der Waals surface area (Å²) in [5.41, 5.74) is 2.41. The first-order valence-electron chi connectivity index (χ1n) is 8.50. The van der Waals surface area contributed by atoms with Crippen LogP contribution in [0.3, 0.4) is 0 Å². The Balaban J connectivity index is 1.84. The molecule has 0 aliphatic rings. The number of methoxy groups -OCH3 is 1. The zero-order chi connectivity index (χ0) is 19.2. The van der Waals surface area contributed by atoms with Gasteiger partial charge in [0.2, 0.25) is 0 Å². The fourth-order valence-corrected chi connectivity index (χ4v) is 3.13. The van der Waals surface area contributed by atoms with Crippen molar-refractivity contribution in [3.63, 3.8) is 0 Å². The van der Waals surface area contributed by atoms with E-state index in [2.05, 4.69) is 27.9 Å². The van der Waals surface area contributed by atoms with E-state index in [0.29, 0.717) is 5.56 Å². The van der Waals surface area contributed by atoms with Gasteiger partial charge in [-0.05, 0) is 88.8 Å². The van der Waals surface area contributed by atoms with Crippen LogP contribution in [-0.4, -0.2) is 12.9 Å². The number of carbonyl (C=O) groups is 1. The van der Waals surface area contributed by atoms with Crippen molar-refractivity contribution < 1.29 is 13.9 Å². The molecule has 5 heteroatoms. The summed E-state index contributed by atoms with van der Waals surface area (Å²) in [5.74, 6) is 0.362. The van der Waals surface area contributed by atoms with Gasteiger partial charge in [-0.25, -0.2) is 4.39 Å². The first kappa shape index (κ1) is 19.4. The van der Waals surface area contributed by atoms with Crippen molar-refractivity contribution in [3.05, 3.63) is 93.3 Å². The van der Waals surface area contributed by atoms with Crippen LogP contribution in [-0.2, 0) is 0 Å². The Bertz CT molecular complexity index is 893. The number of halogens is 2. The monoisotopic (exact) mass is 475 g/mol. The third-order valence-electron chi connectivity index (χ3n) is 4.26. The summed E-state index contributed by atoms with van der Waals surface area (Å²) in [6.45, 7) is 0. The molecular weight excluding hydrogens is 456 g/mol. The van der Waals surface area contributed by atoms with E-state index in [-0.39, 0.29) is 24.1 Å². The third-order valence-corrected chi connectivity index (χ3v) is 4.98. The van der Waals surface area contributed by atoms with Gasteiger partial charge in [-0.3, -0.25) is 4.79 Å². The molecule has 0 saturated heterocycles. The molecule has 0 spiro atoms. The number of benzene rings is 3. The van der Waals surface area contributed by atoms with E-state index in [0.717, 1.165) is 20.6 Å². The maximum Gasteiger partial charge on any atom is 0.165 e. The van der Waals surface area contributed by atoms with Gasteiger partial charge in [-0.15, -0.1) is 0 Å². The van der Waals surface area contributed by atoms with Crippen LogP contribution in [0.25, 0.3) is 0 Å². The van der Waals surface area contributed by atoms with E-state index in [1.54, 1.807) is 7.11 Å². The molecule has 3 aromatic carbocycles. The van der Waals surface area contributed by atoms with E-state index >= 15 is 0 Å². The van der Waals surface area contributed by atoms with Crippen LogP contribution in [0.4, 0.5) is 10.1 Å². The Labute approximate surface area is 171 Å². The number of hydrogen-bond donors (Lipinski definition) is 1. The SMILES string of the molecule is COc1ccc(C(CC(=O)c2ccc(F)cc2)Nc2ccc(I)cc2)cc1. The van der Waals surface area contributed by atoms with Crippen LogP contribution in [0.15, 0.2) is 72.8 Å². The van der Waals surface area contributed by atoms with Gasteiger partial charge in [-0.1, -0.05) is 12.1 Å². The second-order valence-electron chi connectivity index (χ2n) is 6.11. The predicted molar refractivity (Wildman–Crippen MR) is 114 cm³/mol. The minimum atomic E-state index is -0.352. The Morgan fingerprint density at radius 1 is 1.00 bits per heavy atom. The van der Waals surface area contributed by atoms with Crippen LogP contribution < -0.4 is 10.1 Å². The average Bonchev–Trinajstić information content (AvgIpc) is 2.69. The highest BCUT2D eigenvalue weighted by Gasteiger charge is 2.18. The second-order valence-corrected chi connectivity index (χ2v) is 7.36. The van der Waals surface area contributed by atoms with E-state index in [1.165, 1.54) is 24.3 Å². The number of anilines is 1. The van der Waals surface area contributed by atoms with Crippen LogP contribution in [0, 0.1) is 9.39 Å². The van der Waals surface area contributed by atoms with Gasteiger partial charge in [0.25, 0.3) is 0 Å². The number of ether oxygens (including phenoxy) is 1. The van der Waals surface area contributed by atoms with Gasteiger partial charge in [0, 0.05) is 21.2 Å². The van der Waals surface area contributed by atoms with Gasteiger partial charge in [0.05, 0.1) is 13.2 Å². The molecule has 3 aromatic rings. The number of carbonyl (C=O) groups excluding carboxylic acids is 1. The molecule has 0 aromatic heterocycles. The molecular formula is C22H19FINO2. The zero-order valence-electron chi connectivity index (χ0n) is 14.8. The molecule has 0 aliphatic heterocycles. The third kappa shape index (κ3) is 5.29. The first-order chi connectivity index (χ1) is 13.0. The summed E-state index contributed by atoms with van der Waals surface area (Å²) in [4.78, 5) is 12.7. The van der Waals surface area contributed by atoms with E-state index in [4.69, 9.17) is 4.74 Å². The van der Waals surface area contributed by atoms with Crippen molar-refractivity contribution in [1.29, 1.82) is 0 Å². The fraction of sp³-hybridized carbons (Fsp3) is 0.136. The lowest BCUT2D eigenvalue weighted by Crippen LogP contribution is -2.16. The highest BCUT2D eigenvalue weighted by Crippen LogP contribution is 2.26. The standard InChI is InChI=1S/C22H19FINO2/c1-27-20-12-4-15(5-13-20)21(25-19-10-8-18(24)9-11-19)14-22(26)16-2-6-17(23)7-3-16/h2-13,21,25H,14H2,1H3. The number of nitrogens with one attached hydrogen (secondary N) is 1. The summed E-state index contributed by atoms with van der Waals surface area (Å²) < 4.78 is 19.5. The summed E-state index contributed by atoms with van der Waals surface area (Å²) in [7, 11) is 1.62. The molecule has 0 bridgehead atoms. The molecule has 3 rings (SSSR count). The van der Waals surface area contributed by atoms with Crippen molar-refractivity contribution >= 4 is 34.1 Å². The largest absolute Gasteiger partial charge is 0.497 e. The van der Waals surface area contributed by atoms with Crippen LogP contribution in [0.5, 0.6) is 5.75 Å². The molecule has 1 N–H and O–H groups in total. The molecule has 0 aliphatic carbocycles. The maximum atomic E-state index is 13.1. The lowest BCUT2D eigenvalue weighted by Gasteiger charge is -2.20. The lowest BCUT2D eigenvalue weighted by atomic mass is 9.97. The lowest BCUT2D eigenvalue weighted by molar-refractivity contribution is 0.0976. The fourth-order valence-electron chi connectivity index (χ4n) is 2.77. The molecule has 1 unspecified atom stereocenters. The Kier molecular flexibility index (Phi) is 6.45. The number of rotatable bonds is 7. The Morgan fingerprint density at radius 2 is 1.63 bits per heavy atom. The van der Waals surface area contributed by atoms with Crippen LogP contribution in [0.2, 0.25) is 0 Å². The number of hydrogen-bond acceptors (Lipinski definition) is 3. The molecule has 0 heterocycles. The summed E-state index contributed by atoms with van der Waals surface area (Å²) in [5, 5.41) is 3.43. The van der Waals surface area contributed by atoms with Crippen LogP contribution >= 0.6 is 22.6 Å². The molecule has 0 amide bonds. The Hall–Kier alpha value is -2.41. The second kappa shape index (κ2) is 8.99. The van der Waals surface area contributed by atoms with E-state index in [1.807, 2.05) is 48.5 Å². The highest BCUT2D eigenvalue weighted by atomic mass is 127. The molecule has 3 nitrogen and oxygen atoms in total. The highest BCUT2D eigenvalue weighted by molar-refractivity contribution is 14.1. The smallest absolute Gasteiger partial charge is 0.165 e. The minimum absolute atomic E-state index is 0.0474. The van der Waals surface area contributed by atoms with Crippen molar-refractivity contribution in [2.75, 3.05) is 12.4 Å². The summed E-state index contributed by atoms with van der Waals surface area (Å²) >= 11 is 2.25. The first-order valence-corrected chi connectivity index (χ1v) is 9.58. The normalized spacial score (nSPS) is 11.7. The van der Waals surface area contributed by atoms with Crippen molar-refractivity contribution in [2.45, 2.75) is 12.5 Å². The quantitative estimate of drug-likeness (QED) is 0.344. The number of Topliss-reactive ketones (excluding diaryl/α,β-unsaturated/α-hetero) is 1. The van der Waals surface area contributed by atoms with Gasteiger partial charge in [0.1, 0.15) is 11.6 Å². The molecule has 27 heavy (non-hydrogen) atoms. The van der Waals surface area contributed by atoms with Gasteiger partial charge < -0.3 is 10.1 Å². The maximum absolute atomic E-state index is 13.1.